The van der Waals surface area contributed by atoms with Crippen molar-refractivity contribution in [3.63, 3.8) is 0 Å². The number of allylic oxidation sites excluding steroid dienone is 8. The van der Waals surface area contributed by atoms with Crippen molar-refractivity contribution in [2.24, 2.45) is 5.92 Å². The van der Waals surface area contributed by atoms with Crippen LogP contribution in [0.4, 0.5) is 0 Å². The standard InChI is InChI=1S/C39H67O11P/c1-4-6-7-8-16-21-26-35(41)27-22-17-11-9-10-12-19-24-29-39(44)50-37(33-49-51(45,46)48-31-36(42)30-40)32-47-38(43)28-23-18-14-13-15-20-25-34(3)5-2/h6-7,10-12,16-17,21-22,27,34-37,40-42H,4-5,8-9,13-15,18-20,23-26,28-33H2,1-3H3,(H,45,46)/b7-6-,12-10-,17-11-,21-16-,27-22+/t34?,35?,36-,37+/m0/s1. The van der Waals surface area contributed by atoms with Gasteiger partial charge in [0.05, 0.1) is 25.9 Å². The van der Waals surface area contributed by atoms with Gasteiger partial charge in [0.1, 0.15) is 12.7 Å². The zero-order valence-electron chi connectivity index (χ0n) is 31.3. The van der Waals surface area contributed by atoms with Crippen LogP contribution in [0.2, 0.25) is 0 Å². The van der Waals surface area contributed by atoms with Crippen LogP contribution in [-0.2, 0) is 32.7 Å². The maximum atomic E-state index is 12.5. The molecule has 0 aliphatic heterocycles. The van der Waals surface area contributed by atoms with E-state index < -0.39 is 57.9 Å². The van der Waals surface area contributed by atoms with Crippen molar-refractivity contribution >= 4 is 19.8 Å². The number of rotatable bonds is 33. The molecule has 0 aromatic heterocycles. The Morgan fingerprint density at radius 1 is 0.745 bits per heavy atom. The molecule has 0 amide bonds. The first-order valence-corrected chi connectivity index (χ1v) is 20.2. The van der Waals surface area contributed by atoms with Crippen LogP contribution < -0.4 is 0 Å². The zero-order chi connectivity index (χ0) is 38.0. The van der Waals surface area contributed by atoms with Crippen LogP contribution >= 0.6 is 7.82 Å². The molecule has 0 aromatic carbocycles. The summed E-state index contributed by atoms with van der Waals surface area (Å²) in [5, 5.41) is 28.2. The number of hydrogen-bond donors (Lipinski definition) is 4. The molecular formula is C39H67O11P. The molecule has 0 saturated carbocycles. The second kappa shape index (κ2) is 33.5. The largest absolute Gasteiger partial charge is 0.472 e. The first kappa shape index (κ1) is 48.6. The van der Waals surface area contributed by atoms with Crippen molar-refractivity contribution in [1.82, 2.24) is 0 Å². The topological polar surface area (TPSA) is 169 Å². The number of carbonyl (C=O) groups is 2. The predicted molar refractivity (Wildman–Crippen MR) is 202 cm³/mol. The van der Waals surface area contributed by atoms with Crippen LogP contribution in [0.5, 0.6) is 0 Å². The molecule has 0 aliphatic carbocycles. The fourth-order valence-corrected chi connectivity index (χ4v) is 5.29. The number of phosphoric acid groups is 1. The fourth-order valence-electron chi connectivity index (χ4n) is 4.50. The Kier molecular flexibility index (Phi) is 31.9. The van der Waals surface area contributed by atoms with E-state index in [-0.39, 0.29) is 19.4 Å². The van der Waals surface area contributed by atoms with Gasteiger partial charge in [-0.15, -0.1) is 0 Å². The summed E-state index contributed by atoms with van der Waals surface area (Å²) < 4.78 is 32.4. The fraction of sp³-hybridized carbons (Fsp3) is 0.692. The number of phosphoric ester groups is 1. The first-order chi connectivity index (χ1) is 24.5. The normalized spacial score (nSPS) is 16.0. The number of carbonyl (C=O) groups excluding carboxylic acids is 2. The van der Waals surface area contributed by atoms with Gasteiger partial charge in [-0.05, 0) is 50.9 Å². The lowest BCUT2D eigenvalue weighted by Gasteiger charge is -2.20. The van der Waals surface area contributed by atoms with Gasteiger partial charge in [0.25, 0.3) is 0 Å². The van der Waals surface area contributed by atoms with Gasteiger partial charge in [0, 0.05) is 12.8 Å². The summed E-state index contributed by atoms with van der Waals surface area (Å²) in [6, 6.07) is 0. The van der Waals surface area contributed by atoms with E-state index in [4.69, 9.17) is 19.1 Å². The molecule has 0 fully saturated rings. The third kappa shape index (κ3) is 33.2. The Balaban J connectivity index is 4.59. The number of aliphatic hydroxyl groups excluding tert-OH is 3. The molecule has 0 spiro atoms. The minimum atomic E-state index is -4.64. The molecule has 0 radical (unpaired) electrons. The summed E-state index contributed by atoms with van der Waals surface area (Å²) in [6.07, 6.45) is 29.6. The van der Waals surface area contributed by atoms with Gasteiger partial charge in [-0.1, -0.05) is 126 Å². The molecule has 11 nitrogen and oxygen atoms in total. The maximum Gasteiger partial charge on any atom is 0.472 e. The molecule has 51 heavy (non-hydrogen) atoms. The summed E-state index contributed by atoms with van der Waals surface area (Å²) >= 11 is 0. The summed E-state index contributed by atoms with van der Waals surface area (Å²) in [7, 11) is -4.64. The second-order valence-corrected chi connectivity index (χ2v) is 14.1. The van der Waals surface area contributed by atoms with Crippen LogP contribution in [0, 0.1) is 5.92 Å². The van der Waals surface area contributed by atoms with Crippen molar-refractivity contribution in [1.29, 1.82) is 0 Å². The average molecular weight is 743 g/mol. The lowest BCUT2D eigenvalue weighted by Crippen LogP contribution is -2.29. The smallest absolute Gasteiger partial charge is 0.462 e. The minimum Gasteiger partial charge on any atom is -0.462 e. The number of ether oxygens (including phenoxy) is 2. The highest BCUT2D eigenvalue weighted by Gasteiger charge is 2.27. The second-order valence-electron chi connectivity index (χ2n) is 12.7. The number of esters is 2. The van der Waals surface area contributed by atoms with E-state index in [9.17, 15) is 29.3 Å². The summed E-state index contributed by atoms with van der Waals surface area (Å²) in [4.78, 5) is 34.8. The van der Waals surface area contributed by atoms with Crippen molar-refractivity contribution in [2.75, 3.05) is 26.4 Å². The highest BCUT2D eigenvalue weighted by molar-refractivity contribution is 7.47. The molecule has 294 valence electrons. The molecule has 0 saturated heterocycles. The van der Waals surface area contributed by atoms with Gasteiger partial charge in [0.15, 0.2) is 6.10 Å². The van der Waals surface area contributed by atoms with Crippen molar-refractivity contribution < 1.29 is 52.9 Å². The third-order valence-corrected chi connectivity index (χ3v) is 8.76. The average Bonchev–Trinajstić information content (AvgIpc) is 3.11. The Morgan fingerprint density at radius 3 is 2.12 bits per heavy atom. The van der Waals surface area contributed by atoms with Crippen molar-refractivity contribution in [2.45, 2.75) is 142 Å². The van der Waals surface area contributed by atoms with E-state index in [2.05, 4.69) is 37.4 Å². The van der Waals surface area contributed by atoms with E-state index in [1.807, 2.05) is 42.5 Å². The summed E-state index contributed by atoms with van der Waals surface area (Å²) in [6.45, 7) is 4.33. The number of aliphatic hydroxyl groups is 3. The molecular weight excluding hydrogens is 675 g/mol. The van der Waals surface area contributed by atoms with Gasteiger partial charge in [-0.2, -0.15) is 0 Å². The van der Waals surface area contributed by atoms with Gasteiger partial charge < -0.3 is 29.7 Å². The van der Waals surface area contributed by atoms with Crippen LogP contribution in [0.1, 0.15) is 124 Å². The van der Waals surface area contributed by atoms with E-state index >= 15 is 0 Å². The Bertz CT molecular complexity index is 1070. The Labute approximate surface area is 307 Å². The number of unbranched alkanes of at least 4 members (excludes halogenated alkanes) is 6. The van der Waals surface area contributed by atoms with Crippen LogP contribution in [0.25, 0.3) is 0 Å². The van der Waals surface area contributed by atoms with E-state index in [1.54, 1.807) is 6.08 Å². The molecule has 3 unspecified atom stereocenters. The molecule has 0 rings (SSSR count). The molecule has 4 N–H and O–H groups in total. The monoisotopic (exact) mass is 742 g/mol. The molecule has 0 bridgehead atoms. The predicted octanol–water partition coefficient (Wildman–Crippen LogP) is 7.99. The maximum absolute atomic E-state index is 12.5. The number of hydrogen-bond acceptors (Lipinski definition) is 10. The first-order valence-electron chi connectivity index (χ1n) is 18.7. The highest BCUT2D eigenvalue weighted by atomic mass is 31.2. The molecule has 0 aromatic rings. The van der Waals surface area contributed by atoms with Gasteiger partial charge in [-0.25, -0.2) is 4.57 Å². The molecule has 5 atom stereocenters. The van der Waals surface area contributed by atoms with E-state index in [0.29, 0.717) is 32.1 Å². The minimum absolute atomic E-state index is 0.0714. The van der Waals surface area contributed by atoms with Crippen molar-refractivity contribution in [3.8, 4) is 0 Å². The molecule has 0 aliphatic rings. The SMILES string of the molecule is CC/C=C\C/C=C\CC(O)/C=C/C=C\C/C=C\CCCC(=O)O[C@H](COC(=O)CCCCCCCCC(C)CC)COP(=O)(O)OC[C@@H](O)CO. The summed E-state index contributed by atoms with van der Waals surface area (Å²) in [5.74, 6) is -0.282. The third-order valence-electron chi connectivity index (χ3n) is 7.81. The van der Waals surface area contributed by atoms with Crippen LogP contribution in [-0.4, -0.2) is 76.9 Å². The van der Waals surface area contributed by atoms with Crippen LogP contribution in [0.15, 0.2) is 60.8 Å². The van der Waals surface area contributed by atoms with E-state index in [0.717, 1.165) is 38.0 Å². The molecule has 0 heterocycles. The highest BCUT2D eigenvalue weighted by Crippen LogP contribution is 2.43. The Morgan fingerprint density at radius 2 is 1.39 bits per heavy atom. The molecule has 12 heteroatoms. The van der Waals surface area contributed by atoms with E-state index in [1.165, 1.54) is 25.7 Å². The van der Waals surface area contributed by atoms with Crippen LogP contribution in [0.3, 0.4) is 0 Å². The zero-order valence-corrected chi connectivity index (χ0v) is 32.2. The summed E-state index contributed by atoms with van der Waals surface area (Å²) in [5.41, 5.74) is 0. The quantitative estimate of drug-likeness (QED) is 0.0169. The van der Waals surface area contributed by atoms with Gasteiger partial charge >= 0.3 is 19.8 Å². The Hall–Kier alpha value is -2.37. The van der Waals surface area contributed by atoms with Gasteiger partial charge in [-0.3, -0.25) is 18.6 Å². The lowest BCUT2D eigenvalue weighted by atomic mass is 10.00. The van der Waals surface area contributed by atoms with Gasteiger partial charge in [0.2, 0.25) is 0 Å². The lowest BCUT2D eigenvalue weighted by molar-refractivity contribution is -0.161. The van der Waals surface area contributed by atoms with Crippen molar-refractivity contribution in [3.05, 3.63) is 60.8 Å².